The van der Waals surface area contributed by atoms with Crippen LogP contribution in [0.4, 0.5) is 0 Å². The summed E-state index contributed by atoms with van der Waals surface area (Å²) in [6, 6.07) is 10.5. The molecule has 0 aliphatic carbocycles. The minimum Gasteiger partial charge on any atom is -0.376 e. The van der Waals surface area contributed by atoms with Gasteiger partial charge in [-0.05, 0) is 37.8 Å². The lowest BCUT2D eigenvalue weighted by atomic mass is 9.99. The Morgan fingerprint density at radius 2 is 2.09 bits per heavy atom. The number of ether oxygens (including phenoxy) is 1. The van der Waals surface area contributed by atoms with E-state index in [1.165, 1.54) is 6.42 Å². The molecular weight excluding hydrogens is 300 g/mol. The van der Waals surface area contributed by atoms with Crippen LogP contribution in [0.2, 0.25) is 0 Å². The van der Waals surface area contributed by atoms with Gasteiger partial charge in [0, 0.05) is 19.1 Å². The normalized spacial score (nSPS) is 25.5. The highest BCUT2D eigenvalue weighted by Gasteiger charge is 2.29. The van der Waals surface area contributed by atoms with Gasteiger partial charge in [0.15, 0.2) is 0 Å². The van der Waals surface area contributed by atoms with Gasteiger partial charge in [-0.2, -0.15) is 0 Å². The van der Waals surface area contributed by atoms with Crippen molar-refractivity contribution in [1.29, 1.82) is 0 Å². The molecule has 1 aromatic carbocycles. The molecule has 3 atom stereocenters. The topological polar surface area (TPSA) is 50.4 Å². The Labute approximate surface area is 138 Å². The first-order valence-corrected chi connectivity index (χ1v) is 8.02. The van der Waals surface area contributed by atoms with Crippen molar-refractivity contribution in [3.05, 3.63) is 35.9 Å². The molecule has 0 bridgehead atoms. The first-order chi connectivity index (χ1) is 10.3. The van der Waals surface area contributed by atoms with Gasteiger partial charge in [0.25, 0.3) is 0 Å². The number of nitrogens with one attached hydrogen (secondary N) is 2. The Bertz CT molecular complexity index is 457. The van der Waals surface area contributed by atoms with E-state index in [0.717, 1.165) is 38.0 Å². The zero-order valence-electron chi connectivity index (χ0n) is 12.8. The van der Waals surface area contributed by atoms with Gasteiger partial charge in [0.2, 0.25) is 5.91 Å². The van der Waals surface area contributed by atoms with Crippen LogP contribution in [-0.2, 0) is 9.53 Å². The summed E-state index contributed by atoms with van der Waals surface area (Å²) in [5.74, 6) is 0.124. The van der Waals surface area contributed by atoms with E-state index in [9.17, 15) is 4.79 Å². The van der Waals surface area contributed by atoms with Crippen molar-refractivity contribution < 1.29 is 9.53 Å². The molecule has 2 saturated heterocycles. The standard InChI is InChI=1S/C17H24N2O2.ClH/c20-16(12-14-8-4-10-18-14)19-17(15-9-5-11-21-15)13-6-2-1-3-7-13;/h1-3,6-7,14-15,17-18H,4-5,8-12H2,(H,19,20);1H. The maximum Gasteiger partial charge on any atom is 0.222 e. The summed E-state index contributed by atoms with van der Waals surface area (Å²) < 4.78 is 5.81. The summed E-state index contributed by atoms with van der Waals surface area (Å²) in [7, 11) is 0. The Morgan fingerprint density at radius 1 is 1.27 bits per heavy atom. The summed E-state index contributed by atoms with van der Waals surface area (Å²) in [5.41, 5.74) is 1.14. The molecule has 0 saturated carbocycles. The molecule has 2 aliphatic heterocycles. The van der Waals surface area contributed by atoms with Crippen LogP contribution in [0.1, 0.15) is 43.7 Å². The molecule has 3 unspecified atom stereocenters. The van der Waals surface area contributed by atoms with E-state index in [1.54, 1.807) is 0 Å². The van der Waals surface area contributed by atoms with E-state index in [2.05, 4.69) is 22.8 Å². The molecule has 5 heteroatoms. The van der Waals surface area contributed by atoms with E-state index < -0.39 is 0 Å². The molecule has 2 N–H and O–H groups in total. The number of carbonyl (C=O) groups excluding carboxylic acids is 1. The molecule has 0 spiro atoms. The second-order valence-electron chi connectivity index (χ2n) is 6.00. The lowest BCUT2D eigenvalue weighted by Gasteiger charge is -2.25. The fraction of sp³-hybridized carbons (Fsp3) is 0.588. The van der Waals surface area contributed by atoms with Crippen molar-refractivity contribution in [3.8, 4) is 0 Å². The molecule has 22 heavy (non-hydrogen) atoms. The van der Waals surface area contributed by atoms with Crippen molar-refractivity contribution in [1.82, 2.24) is 10.6 Å². The molecule has 2 fully saturated rings. The van der Waals surface area contributed by atoms with Gasteiger partial charge in [-0.25, -0.2) is 0 Å². The zero-order valence-corrected chi connectivity index (χ0v) is 13.6. The van der Waals surface area contributed by atoms with Crippen molar-refractivity contribution in [2.45, 2.75) is 50.3 Å². The minimum absolute atomic E-state index is 0. The summed E-state index contributed by atoms with van der Waals surface area (Å²) in [5, 5.41) is 6.58. The number of rotatable bonds is 5. The predicted octanol–water partition coefficient (Wildman–Crippen LogP) is 2.59. The van der Waals surface area contributed by atoms with Gasteiger partial charge >= 0.3 is 0 Å². The third kappa shape index (κ3) is 4.45. The first-order valence-electron chi connectivity index (χ1n) is 8.02. The first kappa shape index (κ1) is 17.3. The predicted molar refractivity (Wildman–Crippen MR) is 89.2 cm³/mol. The van der Waals surface area contributed by atoms with Crippen LogP contribution >= 0.6 is 12.4 Å². The summed E-state index contributed by atoms with van der Waals surface area (Å²) >= 11 is 0. The van der Waals surface area contributed by atoms with Gasteiger partial charge < -0.3 is 15.4 Å². The maximum atomic E-state index is 12.3. The van der Waals surface area contributed by atoms with Crippen LogP contribution in [0.5, 0.6) is 0 Å². The monoisotopic (exact) mass is 324 g/mol. The number of hydrogen-bond donors (Lipinski definition) is 2. The second kappa shape index (κ2) is 8.51. The molecule has 0 radical (unpaired) electrons. The molecule has 0 aromatic heterocycles. The number of amides is 1. The molecule has 3 rings (SSSR count). The lowest BCUT2D eigenvalue weighted by Crippen LogP contribution is -2.38. The SMILES string of the molecule is Cl.O=C(CC1CCCN1)NC(c1ccccc1)C1CCCO1. The van der Waals surface area contributed by atoms with Crippen LogP contribution in [-0.4, -0.2) is 31.2 Å². The molecule has 2 heterocycles. The Hall–Kier alpha value is -1.10. The fourth-order valence-corrected chi connectivity index (χ4v) is 3.30. The number of carbonyl (C=O) groups is 1. The lowest BCUT2D eigenvalue weighted by molar-refractivity contribution is -0.123. The molecule has 1 amide bonds. The van der Waals surface area contributed by atoms with E-state index in [4.69, 9.17) is 4.74 Å². The highest BCUT2D eigenvalue weighted by atomic mass is 35.5. The van der Waals surface area contributed by atoms with Crippen LogP contribution < -0.4 is 10.6 Å². The van der Waals surface area contributed by atoms with Crippen LogP contribution in [0, 0.1) is 0 Å². The largest absolute Gasteiger partial charge is 0.376 e. The fourth-order valence-electron chi connectivity index (χ4n) is 3.30. The van der Waals surface area contributed by atoms with E-state index >= 15 is 0 Å². The second-order valence-corrected chi connectivity index (χ2v) is 6.00. The van der Waals surface area contributed by atoms with Crippen molar-refractivity contribution in [2.24, 2.45) is 0 Å². The smallest absolute Gasteiger partial charge is 0.222 e. The molecule has 122 valence electrons. The van der Waals surface area contributed by atoms with Gasteiger partial charge in [-0.1, -0.05) is 30.3 Å². The third-order valence-electron chi connectivity index (χ3n) is 4.41. The van der Waals surface area contributed by atoms with E-state index in [0.29, 0.717) is 12.5 Å². The zero-order chi connectivity index (χ0) is 14.5. The number of hydrogen-bond acceptors (Lipinski definition) is 3. The molecule has 4 nitrogen and oxygen atoms in total. The Balaban J connectivity index is 0.00000176. The maximum absolute atomic E-state index is 12.3. The van der Waals surface area contributed by atoms with Crippen molar-refractivity contribution >= 4 is 18.3 Å². The van der Waals surface area contributed by atoms with Crippen molar-refractivity contribution in [2.75, 3.05) is 13.2 Å². The van der Waals surface area contributed by atoms with E-state index in [1.807, 2.05) is 18.2 Å². The van der Waals surface area contributed by atoms with Gasteiger partial charge in [0.1, 0.15) is 0 Å². The molecule has 1 aromatic rings. The average molecular weight is 325 g/mol. The quantitative estimate of drug-likeness (QED) is 0.875. The van der Waals surface area contributed by atoms with Crippen LogP contribution in [0.25, 0.3) is 0 Å². The average Bonchev–Trinajstić information content (AvgIpc) is 3.19. The van der Waals surface area contributed by atoms with E-state index in [-0.39, 0.29) is 30.5 Å². The van der Waals surface area contributed by atoms with Crippen LogP contribution in [0.3, 0.4) is 0 Å². The highest BCUT2D eigenvalue weighted by Crippen LogP contribution is 2.27. The number of benzene rings is 1. The van der Waals surface area contributed by atoms with Crippen LogP contribution in [0.15, 0.2) is 30.3 Å². The van der Waals surface area contributed by atoms with Crippen molar-refractivity contribution in [3.63, 3.8) is 0 Å². The van der Waals surface area contributed by atoms with Gasteiger partial charge in [-0.3, -0.25) is 4.79 Å². The summed E-state index contributed by atoms with van der Waals surface area (Å²) in [4.78, 5) is 12.3. The summed E-state index contributed by atoms with van der Waals surface area (Å²) in [6.45, 7) is 1.83. The molecule has 2 aliphatic rings. The third-order valence-corrected chi connectivity index (χ3v) is 4.41. The van der Waals surface area contributed by atoms with Gasteiger partial charge in [-0.15, -0.1) is 12.4 Å². The number of halogens is 1. The minimum atomic E-state index is -0.0254. The summed E-state index contributed by atoms with van der Waals surface area (Å²) in [6.07, 6.45) is 5.04. The Morgan fingerprint density at radius 3 is 2.73 bits per heavy atom. The Kier molecular flexibility index (Phi) is 6.68. The van der Waals surface area contributed by atoms with Gasteiger partial charge in [0.05, 0.1) is 12.1 Å². The molecular formula is C17H25ClN2O2. The highest BCUT2D eigenvalue weighted by molar-refractivity contribution is 5.85.